The highest BCUT2D eigenvalue weighted by molar-refractivity contribution is 7.15. The molecule has 118 valence electrons. The molecule has 2 N–H and O–H groups in total. The normalized spacial score (nSPS) is 11.0. The number of Topliss-reactive ketones (excluding diaryl/α,β-unsaturated/α-hetero) is 1. The van der Waals surface area contributed by atoms with Crippen LogP contribution in [0.4, 0.5) is 0 Å². The molecule has 3 rings (SSSR count). The molecule has 5 heteroatoms. The van der Waals surface area contributed by atoms with Crippen LogP contribution in [0.15, 0.2) is 24.3 Å². The van der Waals surface area contributed by atoms with E-state index in [0.717, 1.165) is 43.7 Å². The number of carbonyl (C=O) groups excluding carboxylic acids is 1. The maximum atomic E-state index is 11.8. The molecule has 4 nitrogen and oxygen atoms in total. The van der Waals surface area contributed by atoms with Gasteiger partial charge in [-0.1, -0.05) is 0 Å². The number of H-pyrrole nitrogens is 1. The lowest BCUT2D eigenvalue weighted by molar-refractivity contribution is 0.101. The van der Waals surface area contributed by atoms with E-state index >= 15 is 0 Å². The number of phenolic OH excluding ortho intramolecular Hbond substituents is 1. The van der Waals surface area contributed by atoms with Crippen molar-refractivity contribution in [2.45, 2.75) is 27.7 Å². The number of hydrogen-bond donors (Lipinski definition) is 2. The molecule has 0 unspecified atom stereocenters. The van der Waals surface area contributed by atoms with Gasteiger partial charge in [-0.25, -0.2) is 4.98 Å². The molecular formula is C18H18N2O2S. The number of hydrogen-bond acceptors (Lipinski definition) is 4. The number of aryl methyl sites for hydroxylation is 2. The number of aromatic hydroxyl groups is 1. The number of ketones is 1. The Morgan fingerprint density at radius 2 is 1.83 bits per heavy atom. The van der Waals surface area contributed by atoms with E-state index < -0.39 is 0 Å². The number of nitrogens with one attached hydrogen (secondary N) is 1. The average Bonchev–Trinajstić information content (AvgIpc) is 3.00. The van der Waals surface area contributed by atoms with E-state index in [1.54, 1.807) is 30.4 Å². The lowest BCUT2D eigenvalue weighted by Crippen LogP contribution is -1.95. The highest BCUT2D eigenvalue weighted by Gasteiger charge is 2.20. The minimum Gasteiger partial charge on any atom is -0.508 e. The van der Waals surface area contributed by atoms with Crippen molar-refractivity contribution in [3.05, 3.63) is 46.0 Å². The second-order valence-corrected chi connectivity index (χ2v) is 6.86. The summed E-state index contributed by atoms with van der Waals surface area (Å²) in [5.74, 6) is 0.304. The van der Waals surface area contributed by atoms with Crippen LogP contribution in [0.1, 0.15) is 33.4 Å². The Morgan fingerprint density at radius 1 is 1.17 bits per heavy atom. The zero-order valence-corrected chi connectivity index (χ0v) is 14.3. The molecule has 0 saturated carbocycles. The fraction of sp³-hybridized carbons (Fsp3) is 0.222. The van der Waals surface area contributed by atoms with E-state index in [2.05, 4.69) is 4.98 Å². The smallest absolute Gasteiger partial charge is 0.161 e. The van der Waals surface area contributed by atoms with Gasteiger partial charge in [0.2, 0.25) is 0 Å². The summed E-state index contributed by atoms with van der Waals surface area (Å²) in [6.45, 7) is 7.48. The summed E-state index contributed by atoms with van der Waals surface area (Å²) in [6.07, 6.45) is 0. The fourth-order valence-corrected chi connectivity index (χ4v) is 3.80. The van der Waals surface area contributed by atoms with Gasteiger partial charge in [-0.15, -0.1) is 11.3 Å². The first-order chi connectivity index (χ1) is 10.9. The molecule has 0 fully saturated rings. The van der Waals surface area contributed by atoms with Gasteiger partial charge in [-0.05, 0) is 57.5 Å². The molecule has 1 aromatic carbocycles. The van der Waals surface area contributed by atoms with Gasteiger partial charge in [0.25, 0.3) is 0 Å². The minimum atomic E-state index is 0.0640. The highest BCUT2D eigenvalue weighted by Crippen LogP contribution is 2.36. The first-order valence-corrected chi connectivity index (χ1v) is 8.17. The molecule has 3 aromatic rings. The SMILES string of the molecule is CC(=O)c1c(C)[nH]c(-c2nc(-c3ccc(O)cc3)sc2C)c1C. The number of carbonyl (C=O) groups is 1. The zero-order chi connectivity index (χ0) is 16.7. The average molecular weight is 326 g/mol. The molecule has 0 saturated heterocycles. The largest absolute Gasteiger partial charge is 0.508 e. The molecule has 23 heavy (non-hydrogen) atoms. The summed E-state index contributed by atoms with van der Waals surface area (Å²) in [4.78, 5) is 21.0. The maximum Gasteiger partial charge on any atom is 0.161 e. The van der Waals surface area contributed by atoms with Gasteiger partial charge in [0.15, 0.2) is 5.78 Å². The minimum absolute atomic E-state index is 0.0640. The van der Waals surface area contributed by atoms with Gasteiger partial charge in [0.1, 0.15) is 16.5 Å². The summed E-state index contributed by atoms with van der Waals surface area (Å²) < 4.78 is 0. The van der Waals surface area contributed by atoms with E-state index in [-0.39, 0.29) is 11.5 Å². The molecule has 0 aliphatic heterocycles. The summed E-state index contributed by atoms with van der Waals surface area (Å²) in [5, 5.41) is 10.3. The summed E-state index contributed by atoms with van der Waals surface area (Å²) in [5.41, 5.74) is 5.33. The van der Waals surface area contributed by atoms with Crippen LogP contribution in [0, 0.1) is 20.8 Å². The molecule has 0 amide bonds. The quantitative estimate of drug-likeness (QED) is 0.689. The number of benzene rings is 1. The van der Waals surface area contributed by atoms with E-state index in [0.29, 0.717) is 0 Å². The Balaban J connectivity index is 2.10. The molecule has 0 bridgehead atoms. The number of aromatic amines is 1. The molecule has 0 radical (unpaired) electrons. The van der Waals surface area contributed by atoms with Crippen molar-refractivity contribution in [3.63, 3.8) is 0 Å². The first kappa shape index (κ1) is 15.5. The lowest BCUT2D eigenvalue weighted by Gasteiger charge is -1.99. The lowest BCUT2D eigenvalue weighted by atomic mass is 10.1. The first-order valence-electron chi connectivity index (χ1n) is 7.35. The number of phenols is 1. The topological polar surface area (TPSA) is 66.0 Å². The molecule has 2 heterocycles. The van der Waals surface area contributed by atoms with Crippen molar-refractivity contribution in [2.24, 2.45) is 0 Å². The number of rotatable bonds is 3. The second kappa shape index (κ2) is 5.66. The summed E-state index contributed by atoms with van der Waals surface area (Å²) in [7, 11) is 0. The van der Waals surface area contributed by atoms with E-state index in [1.165, 1.54) is 0 Å². The van der Waals surface area contributed by atoms with Gasteiger partial charge >= 0.3 is 0 Å². The highest BCUT2D eigenvalue weighted by atomic mass is 32.1. The Bertz CT molecular complexity index is 889. The molecule has 0 aliphatic carbocycles. The standard InChI is InChI=1S/C18H18N2O2S/c1-9-15(11(3)21)10(2)19-16(9)17-12(4)23-18(20-17)13-5-7-14(22)8-6-13/h5-8,19,22H,1-4H3. The Labute approximate surface area is 138 Å². The van der Waals surface area contributed by atoms with Gasteiger partial charge in [-0.3, -0.25) is 4.79 Å². The summed E-state index contributed by atoms with van der Waals surface area (Å²) in [6, 6.07) is 7.02. The van der Waals surface area contributed by atoms with Crippen molar-refractivity contribution >= 4 is 17.1 Å². The predicted octanol–water partition coefficient (Wildman–Crippen LogP) is 4.64. The second-order valence-electron chi connectivity index (χ2n) is 5.65. The molecule has 0 spiro atoms. The predicted molar refractivity (Wildman–Crippen MR) is 93.2 cm³/mol. The van der Waals surface area contributed by atoms with Crippen LogP contribution in [-0.2, 0) is 0 Å². The van der Waals surface area contributed by atoms with E-state index in [9.17, 15) is 9.90 Å². The van der Waals surface area contributed by atoms with Gasteiger partial charge < -0.3 is 10.1 Å². The van der Waals surface area contributed by atoms with Crippen LogP contribution in [0.3, 0.4) is 0 Å². The Morgan fingerprint density at radius 3 is 2.39 bits per heavy atom. The number of thiazole rings is 1. The Hall–Kier alpha value is -2.40. The van der Waals surface area contributed by atoms with Crippen molar-refractivity contribution < 1.29 is 9.90 Å². The van der Waals surface area contributed by atoms with E-state index in [4.69, 9.17) is 4.98 Å². The van der Waals surface area contributed by atoms with Crippen molar-refractivity contribution in [1.29, 1.82) is 0 Å². The third kappa shape index (κ3) is 2.68. The Kier molecular flexibility index (Phi) is 3.82. The van der Waals surface area contributed by atoms with Crippen LogP contribution < -0.4 is 0 Å². The van der Waals surface area contributed by atoms with Gasteiger partial charge in [-0.2, -0.15) is 0 Å². The summed E-state index contributed by atoms with van der Waals surface area (Å²) >= 11 is 1.60. The third-order valence-corrected chi connectivity index (χ3v) is 4.96. The van der Waals surface area contributed by atoms with Gasteiger partial charge in [0.05, 0.1) is 5.69 Å². The van der Waals surface area contributed by atoms with Crippen LogP contribution >= 0.6 is 11.3 Å². The van der Waals surface area contributed by atoms with Crippen LogP contribution in [0.5, 0.6) is 5.75 Å². The van der Waals surface area contributed by atoms with Gasteiger partial charge in [0, 0.05) is 21.7 Å². The molecule has 0 atom stereocenters. The fourth-order valence-electron chi connectivity index (χ4n) is 2.87. The third-order valence-electron chi connectivity index (χ3n) is 3.94. The molecule has 0 aliphatic rings. The van der Waals surface area contributed by atoms with Crippen LogP contribution in [-0.4, -0.2) is 20.9 Å². The van der Waals surface area contributed by atoms with Crippen LogP contribution in [0.25, 0.3) is 22.0 Å². The number of nitrogens with zero attached hydrogens (tertiary/aromatic N) is 1. The number of aromatic nitrogens is 2. The maximum absolute atomic E-state index is 11.8. The van der Waals surface area contributed by atoms with Crippen molar-refractivity contribution in [1.82, 2.24) is 9.97 Å². The van der Waals surface area contributed by atoms with E-state index in [1.807, 2.05) is 32.9 Å². The zero-order valence-electron chi connectivity index (χ0n) is 13.5. The van der Waals surface area contributed by atoms with Crippen molar-refractivity contribution in [2.75, 3.05) is 0 Å². The molecular weight excluding hydrogens is 308 g/mol. The monoisotopic (exact) mass is 326 g/mol. The van der Waals surface area contributed by atoms with Crippen LogP contribution in [0.2, 0.25) is 0 Å². The molecule has 2 aromatic heterocycles. The van der Waals surface area contributed by atoms with Crippen molar-refractivity contribution in [3.8, 4) is 27.7 Å².